The predicted molar refractivity (Wildman–Crippen MR) is 158 cm³/mol. The Morgan fingerprint density at radius 1 is 1.00 bits per heavy atom. The number of piperazine rings is 1. The maximum atomic E-state index is 15.1. The summed E-state index contributed by atoms with van der Waals surface area (Å²) in [6.45, 7) is 6.72. The molecule has 210 valence electrons. The van der Waals surface area contributed by atoms with E-state index in [1.165, 1.54) is 25.3 Å². The Bertz CT molecular complexity index is 1480. The van der Waals surface area contributed by atoms with Gasteiger partial charge in [0.1, 0.15) is 11.6 Å². The van der Waals surface area contributed by atoms with Crippen LogP contribution >= 0.6 is 0 Å². The molecule has 2 fully saturated rings. The quantitative estimate of drug-likeness (QED) is 0.505. The van der Waals surface area contributed by atoms with Crippen LogP contribution in [0.3, 0.4) is 0 Å². The van der Waals surface area contributed by atoms with Gasteiger partial charge < -0.3 is 20.0 Å². The predicted octanol–water partition coefficient (Wildman–Crippen LogP) is 4.05. The van der Waals surface area contributed by atoms with Gasteiger partial charge in [-0.2, -0.15) is 0 Å². The van der Waals surface area contributed by atoms with Crippen molar-refractivity contribution in [2.45, 2.75) is 38.6 Å². The Morgan fingerprint density at radius 3 is 2.50 bits per heavy atom. The molecule has 9 heteroatoms. The third-order valence-electron chi connectivity index (χ3n) is 8.40. The number of hydrogen-bond donors (Lipinski definition) is 1. The molecule has 0 radical (unpaired) electrons. The van der Waals surface area contributed by atoms with Gasteiger partial charge in [0.2, 0.25) is 5.91 Å². The van der Waals surface area contributed by atoms with Crippen molar-refractivity contribution in [2.75, 3.05) is 63.1 Å². The minimum Gasteiger partial charge on any atom is -0.367 e. The molecule has 0 saturated carbocycles. The number of nitrogens with zero attached hydrogens (tertiary/aromatic N) is 5. The Hall–Kier alpha value is -3.56. The Kier molecular flexibility index (Phi) is 7.67. The zero-order chi connectivity index (χ0) is 27.6. The molecule has 1 aromatic heterocycles. The fraction of sp³-hybridized carbons (Fsp3) is 0.452. The number of amides is 1. The molecule has 0 bridgehead atoms. The highest BCUT2D eigenvalue weighted by Crippen LogP contribution is 2.30. The molecular weight excluding hydrogens is 507 g/mol. The number of likely N-dealkylation sites (tertiary alicyclic amines) is 1. The summed E-state index contributed by atoms with van der Waals surface area (Å²) in [5, 5.41) is 3.32. The highest BCUT2D eigenvalue weighted by molar-refractivity contribution is 5.91. The van der Waals surface area contributed by atoms with Crippen LogP contribution in [-0.4, -0.2) is 78.1 Å². The molecule has 0 unspecified atom stereocenters. The summed E-state index contributed by atoms with van der Waals surface area (Å²) in [6.07, 6.45) is 6.96. The molecular formula is C31H37FN6O2. The van der Waals surface area contributed by atoms with Crippen molar-refractivity contribution in [2.24, 2.45) is 0 Å². The number of carbonyl (C=O) groups excluding carboxylic acids is 1. The fourth-order valence-corrected chi connectivity index (χ4v) is 5.98. The molecule has 0 atom stereocenters. The van der Waals surface area contributed by atoms with Gasteiger partial charge in [-0.15, -0.1) is 0 Å². The van der Waals surface area contributed by atoms with Crippen molar-refractivity contribution in [1.29, 1.82) is 0 Å². The Balaban J connectivity index is 1.18. The van der Waals surface area contributed by atoms with Crippen molar-refractivity contribution in [3.8, 4) is 0 Å². The summed E-state index contributed by atoms with van der Waals surface area (Å²) in [5.74, 6) is 0.303. The standard InChI is InChI=1S/C31H37FN6O2/c1-35-15-17-37(18-16-35)28-21-27-25(20-26(28)32)31(40)38-14-9-23(30(38)34-27)19-22-5-7-24(8-6-22)33-29(39)10-13-36-11-3-2-4-12-36/h5-8,19-21H,2-4,9-18H2,1H3,(H,33,39)/b23-19+. The molecule has 4 heterocycles. The third-order valence-corrected chi connectivity index (χ3v) is 8.40. The number of fused-ring (bicyclic) bond motifs is 2. The Labute approximate surface area is 234 Å². The summed E-state index contributed by atoms with van der Waals surface area (Å²) < 4.78 is 16.7. The van der Waals surface area contributed by atoms with E-state index in [0.717, 1.165) is 62.6 Å². The normalized spacial score (nSPS) is 19.4. The van der Waals surface area contributed by atoms with Crippen molar-refractivity contribution in [3.63, 3.8) is 0 Å². The number of piperidine rings is 1. The number of carbonyl (C=O) groups is 1. The molecule has 3 aromatic rings. The van der Waals surface area contributed by atoms with Gasteiger partial charge in [0.05, 0.1) is 16.6 Å². The molecule has 3 aliphatic heterocycles. The van der Waals surface area contributed by atoms with Gasteiger partial charge in [0.15, 0.2) is 0 Å². The lowest BCUT2D eigenvalue weighted by molar-refractivity contribution is -0.116. The number of allylic oxidation sites excluding steroid dienone is 1. The van der Waals surface area contributed by atoms with Crippen molar-refractivity contribution in [3.05, 3.63) is 64.0 Å². The van der Waals surface area contributed by atoms with Crippen LogP contribution in [0.4, 0.5) is 15.8 Å². The molecule has 3 aliphatic rings. The number of benzene rings is 2. The fourth-order valence-electron chi connectivity index (χ4n) is 5.98. The molecule has 6 rings (SSSR count). The first-order chi connectivity index (χ1) is 19.4. The smallest absolute Gasteiger partial charge is 0.261 e. The van der Waals surface area contributed by atoms with E-state index >= 15 is 4.39 Å². The SMILES string of the molecule is CN1CCN(c2cc3nc4n(c(=O)c3cc2F)CC/C4=C\c2ccc(NC(=O)CCN3CCCCC3)cc2)CC1. The van der Waals surface area contributed by atoms with E-state index in [2.05, 4.69) is 22.2 Å². The van der Waals surface area contributed by atoms with Crippen LogP contribution in [0, 0.1) is 5.82 Å². The second-order valence-corrected chi connectivity index (χ2v) is 11.2. The molecule has 0 spiro atoms. The minimum absolute atomic E-state index is 0.0317. The molecule has 2 saturated heterocycles. The summed E-state index contributed by atoms with van der Waals surface area (Å²) >= 11 is 0. The van der Waals surface area contributed by atoms with Gasteiger partial charge in [0, 0.05) is 51.4 Å². The molecule has 0 aliphatic carbocycles. The molecule has 1 N–H and O–H groups in total. The number of anilines is 2. The van der Waals surface area contributed by atoms with Crippen molar-refractivity contribution >= 4 is 39.8 Å². The van der Waals surface area contributed by atoms with Gasteiger partial charge >= 0.3 is 0 Å². The highest BCUT2D eigenvalue weighted by Gasteiger charge is 2.24. The summed E-state index contributed by atoms with van der Waals surface area (Å²) in [5.41, 5.74) is 3.56. The monoisotopic (exact) mass is 544 g/mol. The van der Waals surface area contributed by atoms with Gasteiger partial charge in [-0.3, -0.25) is 14.2 Å². The highest BCUT2D eigenvalue weighted by atomic mass is 19.1. The van der Waals surface area contributed by atoms with Gasteiger partial charge in [-0.1, -0.05) is 18.6 Å². The topological polar surface area (TPSA) is 73.7 Å². The van der Waals surface area contributed by atoms with Gasteiger partial charge in [-0.25, -0.2) is 9.37 Å². The van der Waals surface area contributed by atoms with Crippen molar-refractivity contribution in [1.82, 2.24) is 19.4 Å². The van der Waals surface area contributed by atoms with E-state index in [1.54, 1.807) is 10.6 Å². The van der Waals surface area contributed by atoms with Crippen molar-refractivity contribution < 1.29 is 9.18 Å². The summed E-state index contributed by atoms with van der Waals surface area (Å²) in [7, 11) is 2.06. The first-order valence-corrected chi connectivity index (χ1v) is 14.5. The lowest BCUT2D eigenvalue weighted by Crippen LogP contribution is -2.44. The van der Waals surface area contributed by atoms with Crippen LogP contribution in [0.5, 0.6) is 0 Å². The van der Waals surface area contributed by atoms with Crippen LogP contribution in [0.2, 0.25) is 0 Å². The number of rotatable bonds is 6. The second kappa shape index (κ2) is 11.5. The maximum Gasteiger partial charge on any atom is 0.261 e. The summed E-state index contributed by atoms with van der Waals surface area (Å²) in [6, 6.07) is 10.8. The molecule has 40 heavy (non-hydrogen) atoms. The number of nitrogens with one attached hydrogen (secondary N) is 1. The lowest BCUT2D eigenvalue weighted by atomic mass is 10.1. The van der Waals surface area contributed by atoms with E-state index < -0.39 is 0 Å². The lowest BCUT2D eigenvalue weighted by Gasteiger charge is -2.34. The number of halogens is 1. The van der Waals surface area contributed by atoms with E-state index in [9.17, 15) is 9.59 Å². The van der Waals surface area contributed by atoms with E-state index in [4.69, 9.17) is 4.98 Å². The largest absolute Gasteiger partial charge is 0.367 e. The maximum absolute atomic E-state index is 15.1. The Morgan fingerprint density at radius 2 is 1.75 bits per heavy atom. The van der Waals surface area contributed by atoms with Gasteiger partial charge in [0.25, 0.3) is 5.56 Å². The second-order valence-electron chi connectivity index (χ2n) is 11.2. The number of aromatic nitrogens is 2. The van der Waals surface area contributed by atoms with Crippen LogP contribution in [0.1, 0.15) is 43.5 Å². The van der Waals surface area contributed by atoms with E-state index in [-0.39, 0.29) is 17.3 Å². The zero-order valence-corrected chi connectivity index (χ0v) is 23.2. The van der Waals surface area contributed by atoms with E-state index in [0.29, 0.717) is 41.8 Å². The van der Waals surface area contributed by atoms with E-state index in [1.807, 2.05) is 35.2 Å². The summed E-state index contributed by atoms with van der Waals surface area (Å²) in [4.78, 5) is 37.2. The van der Waals surface area contributed by atoms with Crippen LogP contribution < -0.4 is 15.8 Å². The van der Waals surface area contributed by atoms with Crippen LogP contribution in [0.15, 0.2) is 41.2 Å². The average Bonchev–Trinajstić information content (AvgIpc) is 3.37. The minimum atomic E-state index is -0.371. The number of hydrogen-bond acceptors (Lipinski definition) is 6. The zero-order valence-electron chi connectivity index (χ0n) is 23.2. The third kappa shape index (κ3) is 5.67. The first kappa shape index (κ1) is 26.7. The molecule has 8 nitrogen and oxygen atoms in total. The molecule has 1 amide bonds. The average molecular weight is 545 g/mol. The molecule has 2 aromatic carbocycles. The van der Waals surface area contributed by atoms with Crippen LogP contribution in [-0.2, 0) is 11.3 Å². The van der Waals surface area contributed by atoms with Gasteiger partial charge in [-0.05, 0) is 80.9 Å². The first-order valence-electron chi connectivity index (χ1n) is 14.5. The van der Waals surface area contributed by atoms with Crippen LogP contribution in [0.25, 0.3) is 22.6 Å². The number of likely N-dealkylation sites (N-methyl/N-ethyl adjacent to an activating group) is 1.